The topological polar surface area (TPSA) is 0 Å². The average molecular weight is 181 g/mol. The van der Waals surface area contributed by atoms with Crippen LogP contribution in [0.25, 0.3) is 0 Å². The summed E-state index contributed by atoms with van der Waals surface area (Å²) in [6, 6.07) is 1.83. The van der Waals surface area contributed by atoms with Crippen LogP contribution in [-0.4, -0.2) is 0 Å². The van der Waals surface area contributed by atoms with Crippen LogP contribution in [0.1, 0.15) is 5.56 Å². The minimum absolute atomic E-state index is 0.0360. The predicted molar refractivity (Wildman–Crippen MR) is 36.2 cm³/mol. The van der Waals surface area contributed by atoms with Crippen LogP contribution in [0.4, 0.5) is 13.2 Å². The third-order valence-corrected chi connectivity index (χ3v) is 1.47. The van der Waals surface area contributed by atoms with Gasteiger partial charge < -0.3 is 0 Å². The summed E-state index contributed by atoms with van der Waals surface area (Å²) < 4.78 is 36.7. The Hall–Kier alpha value is -0.700. The number of hydrogen-bond donors (Lipinski definition) is 0. The van der Waals surface area contributed by atoms with Crippen molar-refractivity contribution >= 4 is 11.6 Å². The Kier molecular flexibility index (Phi) is 2.39. The summed E-state index contributed by atoms with van der Waals surface area (Å²) in [5.41, 5.74) is 0.0360. The molecule has 0 aliphatic rings. The number of benzene rings is 1. The first-order chi connectivity index (χ1) is 5.15. The summed E-state index contributed by atoms with van der Waals surface area (Å²) in [7, 11) is 0. The largest absolute Gasteiger partial charge is 0.246 e. The quantitative estimate of drug-likeness (QED) is 0.583. The molecule has 0 saturated heterocycles. The average Bonchev–Trinajstić information content (AvgIpc) is 1.99. The van der Waals surface area contributed by atoms with Gasteiger partial charge >= 0.3 is 0 Å². The zero-order valence-electron chi connectivity index (χ0n) is 5.37. The highest BCUT2D eigenvalue weighted by Crippen LogP contribution is 2.19. The van der Waals surface area contributed by atoms with Crippen molar-refractivity contribution in [2.75, 3.05) is 0 Å². The molecule has 0 spiro atoms. The highest BCUT2D eigenvalue weighted by Gasteiger charge is 2.07. The molecular weight excluding hydrogens is 177 g/mol. The van der Waals surface area contributed by atoms with Crippen LogP contribution in [0.3, 0.4) is 0 Å². The lowest BCUT2D eigenvalue weighted by atomic mass is 10.2. The molecule has 0 bridgehead atoms. The van der Waals surface area contributed by atoms with Crippen molar-refractivity contribution in [1.29, 1.82) is 0 Å². The molecule has 1 rings (SSSR count). The Morgan fingerprint density at radius 2 is 1.91 bits per heavy atom. The van der Waals surface area contributed by atoms with Gasteiger partial charge in [0.05, 0.1) is 5.02 Å². The summed E-state index contributed by atoms with van der Waals surface area (Å²) in [5, 5.41) is -0.391. The molecule has 0 aliphatic heterocycles. The van der Waals surface area contributed by atoms with Crippen molar-refractivity contribution in [2.45, 2.75) is 6.67 Å². The van der Waals surface area contributed by atoms with E-state index < -0.39 is 23.3 Å². The molecule has 0 amide bonds. The SMILES string of the molecule is FCc1cc(F)c(F)c(Cl)c1. The minimum atomic E-state index is -1.14. The molecule has 0 atom stereocenters. The zero-order chi connectivity index (χ0) is 8.43. The lowest BCUT2D eigenvalue weighted by Crippen LogP contribution is -1.88. The van der Waals surface area contributed by atoms with Gasteiger partial charge in [-0.25, -0.2) is 13.2 Å². The van der Waals surface area contributed by atoms with Crippen molar-refractivity contribution in [3.63, 3.8) is 0 Å². The highest BCUT2D eigenvalue weighted by atomic mass is 35.5. The van der Waals surface area contributed by atoms with E-state index in [2.05, 4.69) is 0 Å². The standard InChI is InChI=1S/C7H4ClF3/c8-5-1-4(3-9)2-6(10)7(5)11/h1-2H,3H2. The number of halogens is 4. The zero-order valence-corrected chi connectivity index (χ0v) is 6.13. The monoisotopic (exact) mass is 180 g/mol. The Morgan fingerprint density at radius 3 is 2.36 bits per heavy atom. The maximum atomic E-state index is 12.4. The van der Waals surface area contributed by atoms with Gasteiger partial charge in [0.25, 0.3) is 0 Å². The van der Waals surface area contributed by atoms with E-state index in [1.807, 2.05) is 0 Å². The van der Waals surface area contributed by atoms with Crippen LogP contribution < -0.4 is 0 Å². The second-order valence-electron chi connectivity index (χ2n) is 2.01. The van der Waals surface area contributed by atoms with Gasteiger partial charge in [-0.1, -0.05) is 11.6 Å². The van der Waals surface area contributed by atoms with E-state index in [0.29, 0.717) is 0 Å². The molecule has 4 heteroatoms. The fourth-order valence-corrected chi connectivity index (χ4v) is 0.916. The molecule has 0 saturated carbocycles. The van der Waals surface area contributed by atoms with Crippen LogP contribution in [0, 0.1) is 11.6 Å². The lowest BCUT2D eigenvalue weighted by Gasteiger charge is -1.98. The molecule has 0 aromatic heterocycles. The Bertz CT molecular complexity index is 249. The van der Waals surface area contributed by atoms with Crippen molar-refractivity contribution in [3.05, 3.63) is 34.4 Å². The first kappa shape index (κ1) is 8.40. The molecule has 0 N–H and O–H groups in total. The third-order valence-electron chi connectivity index (χ3n) is 1.20. The fourth-order valence-electron chi connectivity index (χ4n) is 0.685. The molecule has 0 nitrogen and oxygen atoms in total. The second-order valence-corrected chi connectivity index (χ2v) is 2.41. The summed E-state index contributed by atoms with van der Waals surface area (Å²) in [6.07, 6.45) is 0. The maximum Gasteiger partial charge on any atom is 0.177 e. The van der Waals surface area contributed by atoms with Crippen LogP contribution in [0.2, 0.25) is 5.02 Å². The Labute approximate surface area is 66.6 Å². The minimum Gasteiger partial charge on any atom is -0.246 e. The van der Waals surface area contributed by atoms with Crippen LogP contribution in [0.5, 0.6) is 0 Å². The number of rotatable bonds is 1. The molecule has 0 heterocycles. The van der Waals surface area contributed by atoms with Crippen LogP contribution in [-0.2, 0) is 6.67 Å². The number of hydrogen-bond acceptors (Lipinski definition) is 0. The van der Waals surface area contributed by atoms with E-state index in [1.165, 1.54) is 0 Å². The van der Waals surface area contributed by atoms with Gasteiger partial charge in [-0.3, -0.25) is 0 Å². The van der Waals surface area contributed by atoms with Crippen molar-refractivity contribution in [2.24, 2.45) is 0 Å². The van der Waals surface area contributed by atoms with Gasteiger partial charge in [0.1, 0.15) is 6.67 Å². The van der Waals surface area contributed by atoms with Gasteiger partial charge in [-0.15, -0.1) is 0 Å². The molecule has 0 radical (unpaired) electrons. The van der Waals surface area contributed by atoms with E-state index in [1.54, 1.807) is 0 Å². The van der Waals surface area contributed by atoms with Gasteiger partial charge in [-0.2, -0.15) is 0 Å². The lowest BCUT2D eigenvalue weighted by molar-refractivity contribution is 0.472. The Morgan fingerprint density at radius 1 is 1.27 bits per heavy atom. The first-order valence-electron chi connectivity index (χ1n) is 2.84. The summed E-state index contributed by atoms with van der Waals surface area (Å²) >= 11 is 5.22. The van der Waals surface area contributed by atoms with E-state index >= 15 is 0 Å². The molecule has 11 heavy (non-hydrogen) atoms. The van der Waals surface area contributed by atoms with Gasteiger partial charge in [0, 0.05) is 0 Å². The fraction of sp³-hybridized carbons (Fsp3) is 0.143. The third kappa shape index (κ3) is 1.66. The first-order valence-corrected chi connectivity index (χ1v) is 3.22. The number of alkyl halides is 1. The van der Waals surface area contributed by atoms with Gasteiger partial charge in [-0.05, 0) is 17.7 Å². The highest BCUT2D eigenvalue weighted by molar-refractivity contribution is 6.30. The molecule has 0 unspecified atom stereocenters. The van der Waals surface area contributed by atoms with Crippen molar-refractivity contribution < 1.29 is 13.2 Å². The molecular formula is C7H4ClF3. The van der Waals surface area contributed by atoms with Crippen molar-refractivity contribution in [1.82, 2.24) is 0 Å². The molecule has 1 aromatic carbocycles. The van der Waals surface area contributed by atoms with E-state index in [0.717, 1.165) is 12.1 Å². The van der Waals surface area contributed by atoms with Crippen molar-refractivity contribution in [3.8, 4) is 0 Å². The predicted octanol–water partition coefficient (Wildman–Crippen LogP) is 3.09. The molecule has 1 aromatic rings. The van der Waals surface area contributed by atoms with Gasteiger partial charge in [0.15, 0.2) is 11.6 Å². The van der Waals surface area contributed by atoms with Crippen LogP contribution in [0.15, 0.2) is 12.1 Å². The summed E-state index contributed by atoms with van der Waals surface area (Å²) in [5.74, 6) is -2.26. The smallest absolute Gasteiger partial charge is 0.177 e. The van der Waals surface area contributed by atoms with E-state index in [4.69, 9.17) is 11.6 Å². The molecule has 0 fully saturated rings. The molecule has 60 valence electrons. The summed E-state index contributed by atoms with van der Waals surface area (Å²) in [6.45, 7) is -0.850. The maximum absolute atomic E-state index is 12.4. The normalized spacial score (nSPS) is 10.2. The van der Waals surface area contributed by atoms with E-state index in [9.17, 15) is 13.2 Å². The summed E-state index contributed by atoms with van der Waals surface area (Å²) in [4.78, 5) is 0. The van der Waals surface area contributed by atoms with Gasteiger partial charge in [0.2, 0.25) is 0 Å². The van der Waals surface area contributed by atoms with E-state index in [-0.39, 0.29) is 5.56 Å². The Balaban J connectivity index is 3.21. The second kappa shape index (κ2) is 3.13. The van der Waals surface area contributed by atoms with Crippen LogP contribution >= 0.6 is 11.6 Å². The molecule has 0 aliphatic carbocycles.